The van der Waals surface area contributed by atoms with Gasteiger partial charge in [0, 0.05) is 30.0 Å². The Morgan fingerprint density at radius 1 is 1.55 bits per heavy atom. The third kappa shape index (κ3) is 1.89. The maximum absolute atomic E-state index is 12.4. The second-order valence-electron chi connectivity index (χ2n) is 5.21. The molecule has 20 heavy (non-hydrogen) atoms. The van der Waals surface area contributed by atoms with Crippen LogP contribution in [0.15, 0.2) is 17.8 Å². The van der Waals surface area contributed by atoms with Gasteiger partial charge in [0.05, 0.1) is 6.42 Å². The number of amides is 1. The van der Waals surface area contributed by atoms with Crippen molar-refractivity contribution >= 4 is 28.2 Å². The molecule has 1 N–H and O–H groups in total. The lowest BCUT2D eigenvalue weighted by atomic mass is 9.99. The zero-order valence-electron chi connectivity index (χ0n) is 11.1. The molecule has 0 aliphatic carbocycles. The lowest BCUT2D eigenvalue weighted by Crippen LogP contribution is -2.51. The van der Waals surface area contributed by atoms with E-state index in [1.54, 1.807) is 13.1 Å². The molecule has 1 unspecified atom stereocenters. The van der Waals surface area contributed by atoms with Crippen LogP contribution in [-0.2, 0) is 16.0 Å². The zero-order chi connectivity index (χ0) is 14.3. The summed E-state index contributed by atoms with van der Waals surface area (Å²) in [5.74, 6) is -1.07. The van der Waals surface area contributed by atoms with Crippen LogP contribution >= 0.6 is 11.3 Å². The number of carbonyl (C=O) groups excluding carboxylic acids is 1. The summed E-state index contributed by atoms with van der Waals surface area (Å²) >= 11 is 1.48. The van der Waals surface area contributed by atoms with E-state index < -0.39 is 11.5 Å². The number of carboxylic acid groups (broad SMARTS) is 1. The van der Waals surface area contributed by atoms with Gasteiger partial charge in [0.25, 0.3) is 0 Å². The molecule has 0 radical (unpaired) electrons. The minimum Gasteiger partial charge on any atom is -0.480 e. The Hall–Kier alpha value is -1.89. The Bertz CT molecular complexity index is 677. The van der Waals surface area contributed by atoms with Crippen molar-refractivity contribution in [3.63, 3.8) is 0 Å². The van der Waals surface area contributed by atoms with Gasteiger partial charge in [0.15, 0.2) is 4.96 Å². The van der Waals surface area contributed by atoms with Crippen molar-refractivity contribution in [1.29, 1.82) is 0 Å². The number of aromatic nitrogens is 2. The van der Waals surface area contributed by atoms with E-state index in [1.165, 1.54) is 16.2 Å². The molecule has 0 saturated carbocycles. The van der Waals surface area contributed by atoms with Crippen LogP contribution in [0.1, 0.15) is 25.5 Å². The number of rotatable bonds is 3. The molecular weight excluding hydrogens is 278 g/mol. The topological polar surface area (TPSA) is 74.9 Å². The van der Waals surface area contributed by atoms with Crippen molar-refractivity contribution in [2.24, 2.45) is 0 Å². The molecule has 3 rings (SSSR count). The first kappa shape index (κ1) is 13.1. The van der Waals surface area contributed by atoms with Gasteiger partial charge in [-0.25, -0.2) is 9.78 Å². The molecule has 0 aromatic carbocycles. The fourth-order valence-corrected chi connectivity index (χ4v) is 3.59. The van der Waals surface area contributed by atoms with Gasteiger partial charge in [-0.1, -0.05) is 0 Å². The van der Waals surface area contributed by atoms with Gasteiger partial charge >= 0.3 is 5.97 Å². The fraction of sp³-hybridized carbons (Fsp3) is 0.462. The second-order valence-corrected chi connectivity index (χ2v) is 6.05. The highest BCUT2D eigenvalue weighted by molar-refractivity contribution is 7.15. The molecule has 7 heteroatoms. The predicted molar refractivity (Wildman–Crippen MR) is 73.8 cm³/mol. The Labute approximate surface area is 119 Å². The molecule has 2 aromatic rings. The molecule has 0 bridgehead atoms. The van der Waals surface area contributed by atoms with Crippen molar-refractivity contribution in [2.75, 3.05) is 6.54 Å². The van der Waals surface area contributed by atoms with E-state index in [0.29, 0.717) is 13.0 Å². The minimum atomic E-state index is -1.07. The van der Waals surface area contributed by atoms with E-state index >= 15 is 0 Å². The van der Waals surface area contributed by atoms with E-state index in [4.69, 9.17) is 0 Å². The van der Waals surface area contributed by atoms with Gasteiger partial charge in [-0.15, -0.1) is 11.3 Å². The zero-order valence-corrected chi connectivity index (χ0v) is 11.9. The summed E-state index contributed by atoms with van der Waals surface area (Å²) in [6.45, 7) is 2.14. The number of likely N-dealkylation sites (tertiary alicyclic amines) is 1. The highest BCUT2D eigenvalue weighted by atomic mass is 32.1. The van der Waals surface area contributed by atoms with E-state index in [1.807, 2.05) is 16.0 Å². The molecule has 1 amide bonds. The average molecular weight is 293 g/mol. The van der Waals surface area contributed by atoms with E-state index in [-0.39, 0.29) is 12.3 Å². The lowest BCUT2D eigenvalue weighted by Gasteiger charge is -2.31. The molecule has 1 fully saturated rings. The van der Waals surface area contributed by atoms with Crippen molar-refractivity contribution in [3.8, 4) is 0 Å². The average Bonchev–Trinajstić information content (AvgIpc) is 3.06. The second kappa shape index (κ2) is 4.59. The number of hydrogen-bond acceptors (Lipinski definition) is 4. The molecule has 1 aliphatic rings. The van der Waals surface area contributed by atoms with Crippen molar-refractivity contribution in [3.05, 3.63) is 23.5 Å². The smallest absolute Gasteiger partial charge is 0.329 e. The summed E-state index contributed by atoms with van der Waals surface area (Å²) in [6.07, 6.45) is 4.96. The summed E-state index contributed by atoms with van der Waals surface area (Å²) in [5, 5.41) is 11.2. The molecule has 0 spiro atoms. The van der Waals surface area contributed by atoms with E-state index in [9.17, 15) is 14.7 Å². The number of carbonyl (C=O) groups is 2. The summed E-state index contributed by atoms with van der Waals surface area (Å²) in [5.41, 5.74) is -0.214. The summed E-state index contributed by atoms with van der Waals surface area (Å²) in [6, 6.07) is 0. The third-order valence-corrected chi connectivity index (χ3v) is 4.85. The van der Waals surface area contributed by atoms with Crippen LogP contribution in [0.3, 0.4) is 0 Å². The van der Waals surface area contributed by atoms with Crippen molar-refractivity contribution < 1.29 is 14.7 Å². The molecule has 6 nitrogen and oxygen atoms in total. The highest BCUT2D eigenvalue weighted by Crippen LogP contribution is 2.30. The monoisotopic (exact) mass is 293 g/mol. The van der Waals surface area contributed by atoms with E-state index in [2.05, 4.69) is 4.98 Å². The number of carboxylic acids is 1. The van der Waals surface area contributed by atoms with Gasteiger partial charge in [-0.2, -0.15) is 0 Å². The standard InChI is InChI=1S/C13H15N3O3S/c1-13(11(18)19)3-2-5-16(13)10(17)7-9-8-20-12-14-4-6-15(9)12/h4,6,8H,2-3,5,7H2,1H3,(H,18,19). The van der Waals surface area contributed by atoms with Gasteiger partial charge in [0.2, 0.25) is 5.91 Å². The highest BCUT2D eigenvalue weighted by Gasteiger charge is 2.45. The number of hydrogen-bond donors (Lipinski definition) is 1. The molecule has 3 heterocycles. The Kier molecular flexibility index (Phi) is 3.01. The largest absolute Gasteiger partial charge is 0.480 e. The van der Waals surface area contributed by atoms with Crippen molar-refractivity contribution in [1.82, 2.24) is 14.3 Å². The first-order valence-electron chi connectivity index (χ1n) is 6.46. The van der Waals surface area contributed by atoms with Crippen LogP contribution in [0.5, 0.6) is 0 Å². The van der Waals surface area contributed by atoms with Crippen LogP contribution in [0.2, 0.25) is 0 Å². The molecule has 2 aromatic heterocycles. The van der Waals surface area contributed by atoms with Gasteiger partial charge in [-0.05, 0) is 19.8 Å². The lowest BCUT2D eigenvalue weighted by molar-refractivity contribution is -0.155. The first-order valence-corrected chi connectivity index (χ1v) is 7.33. The summed E-state index contributed by atoms with van der Waals surface area (Å²) in [7, 11) is 0. The number of aliphatic carboxylic acids is 1. The number of thiazole rings is 1. The Morgan fingerprint density at radius 2 is 2.35 bits per heavy atom. The predicted octanol–water partition coefficient (Wildman–Crippen LogP) is 1.40. The van der Waals surface area contributed by atoms with Crippen LogP contribution < -0.4 is 0 Å². The van der Waals surface area contributed by atoms with Crippen LogP contribution in [-0.4, -0.2) is 43.4 Å². The summed E-state index contributed by atoms with van der Waals surface area (Å²) in [4.78, 5) is 30.3. The van der Waals surface area contributed by atoms with Crippen molar-refractivity contribution in [2.45, 2.75) is 31.7 Å². The van der Waals surface area contributed by atoms with Gasteiger partial charge < -0.3 is 10.0 Å². The summed E-state index contributed by atoms with van der Waals surface area (Å²) < 4.78 is 1.87. The first-order chi connectivity index (χ1) is 9.52. The number of imidazole rings is 1. The number of fused-ring (bicyclic) bond motifs is 1. The van der Waals surface area contributed by atoms with Crippen LogP contribution in [0.25, 0.3) is 4.96 Å². The fourth-order valence-electron chi connectivity index (χ4n) is 2.74. The van der Waals surface area contributed by atoms with Gasteiger partial charge in [0.1, 0.15) is 5.54 Å². The molecule has 1 saturated heterocycles. The normalized spacial score (nSPS) is 22.6. The van der Waals surface area contributed by atoms with Crippen LogP contribution in [0.4, 0.5) is 0 Å². The maximum Gasteiger partial charge on any atom is 0.329 e. The van der Waals surface area contributed by atoms with Gasteiger partial charge in [-0.3, -0.25) is 9.20 Å². The molecule has 106 valence electrons. The quantitative estimate of drug-likeness (QED) is 0.928. The molecule has 1 aliphatic heterocycles. The SMILES string of the molecule is CC1(C(=O)O)CCCN1C(=O)Cc1csc2nccn12. The number of nitrogens with zero attached hydrogens (tertiary/aromatic N) is 3. The Balaban J connectivity index is 1.83. The van der Waals surface area contributed by atoms with E-state index in [0.717, 1.165) is 17.1 Å². The Morgan fingerprint density at radius 3 is 3.10 bits per heavy atom. The maximum atomic E-state index is 12.4. The minimum absolute atomic E-state index is 0.138. The van der Waals surface area contributed by atoms with Crippen LogP contribution in [0, 0.1) is 0 Å². The molecular formula is C13H15N3O3S. The molecule has 1 atom stereocenters. The third-order valence-electron chi connectivity index (χ3n) is 3.95.